The summed E-state index contributed by atoms with van der Waals surface area (Å²) in [5.41, 5.74) is 0. The Labute approximate surface area is 175 Å². The number of furan rings is 1. The summed E-state index contributed by atoms with van der Waals surface area (Å²) in [6.07, 6.45) is 3.62. The zero-order valence-electron chi connectivity index (χ0n) is 15.4. The summed E-state index contributed by atoms with van der Waals surface area (Å²) < 4.78 is 16.3. The maximum atomic E-state index is 5.69. The number of aromatic nitrogens is 3. The van der Waals surface area contributed by atoms with E-state index in [0.29, 0.717) is 35.8 Å². The van der Waals surface area contributed by atoms with Crippen molar-refractivity contribution in [1.29, 1.82) is 0 Å². The van der Waals surface area contributed by atoms with Gasteiger partial charge in [-0.25, -0.2) is 4.98 Å². The van der Waals surface area contributed by atoms with Crippen LogP contribution in [-0.2, 0) is 16.0 Å². The molecule has 1 atom stereocenters. The number of rotatable bonds is 9. The van der Waals surface area contributed by atoms with E-state index in [4.69, 9.17) is 13.9 Å². The van der Waals surface area contributed by atoms with Gasteiger partial charge in [-0.05, 0) is 25.0 Å². The van der Waals surface area contributed by atoms with Gasteiger partial charge in [-0.2, -0.15) is 0 Å². The van der Waals surface area contributed by atoms with Crippen molar-refractivity contribution in [3.05, 3.63) is 24.2 Å². The van der Waals surface area contributed by atoms with E-state index in [0.717, 1.165) is 45.8 Å². The molecule has 9 nitrogen and oxygen atoms in total. The van der Waals surface area contributed by atoms with Crippen LogP contribution in [0.1, 0.15) is 18.7 Å². The maximum Gasteiger partial charge on any atom is 0.216 e. The molecule has 2 aromatic heterocycles. The lowest BCUT2D eigenvalue weighted by molar-refractivity contribution is 0.0888. The molecule has 3 heterocycles. The highest BCUT2D eigenvalue weighted by Crippen LogP contribution is 2.14. The molecule has 3 rings (SSSR count). The second kappa shape index (κ2) is 11.9. The Kier molecular flexibility index (Phi) is 9.56. The van der Waals surface area contributed by atoms with Gasteiger partial charge in [0.2, 0.25) is 5.82 Å². The molecule has 1 fully saturated rings. The van der Waals surface area contributed by atoms with Gasteiger partial charge in [0.15, 0.2) is 11.7 Å². The fraction of sp³-hybridized carbons (Fsp3) is 0.588. The van der Waals surface area contributed by atoms with Crippen molar-refractivity contribution < 1.29 is 13.9 Å². The number of nitrogens with zero attached hydrogens (tertiary/aromatic N) is 3. The quantitative estimate of drug-likeness (QED) is 0.213. The molecule has 3 N–H and O–H groups in total. The van der Waals surface area contributed by atoms with Crippen molar-refractivity contribution in [3.63, 3.8) is 0 Å². The van der Waals surface area contributed by atoms with Crippen molar-refractivity contribution in [2.24, 2.45) is 10.9 Å². The summed E-state index contributed by atoms with van der Waals surface area (Å²) in [5, 5.41) is 13.5. The second-order valence-electron chi connectivity index (χ2n) is 6.09. The lowest BCUT2D eigenvalue weighted by Gasteiger charge is -2.12. The zero-order valence-corrected chi connectivity index (χ0v) is 17.8. The Morgan fingerprint density at radius 3 is 3.11 bits per heavy atom. The molecule has 1 unspecified atom stereocenters. The van der Waals surface area contributed by atoms with Gasteiger partial charge < -0.3 is 24.5 Å². The highest BCUT2D eigenvalue weighted by Gasteiger charge is 2.15. The van der Waals surface area contributed by atoms with Gasteiger partial charge in [0.25, 0.3) is 0 Å². The van der Waals surface area contributed by atoms with Crippen LogP contribution in [0.3, 0.4) is 0 Å². The van der Waals surface area contributed by atoms with Crippen LogP contribution in [0.4, 0.5) is 0 Å². The monoisotopic (exact) mass is 490 g/mol. The van der Waals surface area contributed by atoms with Crippen molar-refractivity contribution in [2.75, 3.05) is 40.0 Å². The Bertz CT molecular complexity index is 670. The summed E-state index contributed by atoms with van der Waals surface area (Å²) in [4.78, 5) is 8.58. The Hall–Kier alpha value is -1.66. The number of hydrogen-bond donors (Lipinski definition) is 3. The van der Waals surface area contributed by atoms with E-state index in [1.165, 1.54) is 0 Å². The molecule has 10 heteroatoms. The molecular weight excluding hydrogens is 463 g/mol. The predicted octanol–water partition coefficient (Wildman–Crippen LogP) is 1.79. The second-order valence-corrected chi connectivity index (χ2v) is 6.09. The van der Waals surface area contributed by atoms with E-state index in [-0.39, 0.29) is 24.0 Å². The average Bonchev–Trinajstić information content (AvgIpc) is 3.42. The van der Waals surface area contributed by atoms with Crippen LogP contribution < -0.4 is 10.6 Å². The summed E-state index contributed by atoms with van der Waals surface area (Å²) >= 11 is 0. The van der Waals surface area contributed by atoms with E-state index in [1.807, 2.05) is 6.07 Å². The molecule has 0 aliphatic carbocycles. The van der Waals surface area contributed by atoms with Crippen molar-refractivity contribution in [3.8, 4) is 11.6 Å². The first kappa shape index (κ1) is 21.6. The molecule has 0 radical (unpaired) electrons. The highest BCUT2D eigenvalue weighted by molar-refractivity contribution is 14.0. The van der Waals surface area contributed by atoms with Crippen LogP contribution >= 0.6 is 24.0 Å². The van der Waals surface area contributed by atoms with E-state index >= 15 is 0 Å². The molecule has 0 spiro atoms. The molecular formula is C17H27IN6O3. The molecule has 0 aromatic carbocycles. The lowest BCUT2D eigenvalue weighted by atomic mass is 10.1. The third-order valence-corrected chi connectivity index (χ3v) is 4.06. The maximum absolute atomic E-state index is 5.69. The standard InChI is InChI=1S/C17H26N6O3.HI/c1-18-17(19-6-3-7-24-11-13-5-9-25-12-13)20-10-15-21-16(23-22-15)14-4-2-8-26-14;/h2,4,8,13H,3,5-7,9-12H2,1H3,(H2,18,19,20)(H,21,22,23);1H. The number of aliphatic imine (C=N–C) groups is 1. The number of halogens is 1. The van der Waals surface area contributed by atoms with Gasteiger partial charge >= 0.3 is 0 Å². The summed E-state index contributed by atoms with van der Waals surface area (Å²) in [6.45, 7) is 4.50. The average molecular weight is 490 g/mol. The van der Waals surface area contributed by atoms with Gasteiger partial charge in [0.05, 0.1) is 26.0 Å². The molecule has 1 aliphatic rings. The number of hydrogen-bond acceptors (Lipinski definition) is 6. The number of ether oxygens (including phenoxy) is 2. The normalized spacial score (nSPS) is 16.9. The molecule has 27 heavy (non-hydrogen) atoms. The first-order chi connectivity index (χ1) is 12.8. The van der Waals surface area contributed by atoms with Crippen LogP contribution in [0.15, 0.2) is 27.8 Å². The SMILES string of the molecule is CN=C(NCCCOCC1CCOC1)NCc1nc(-c2ccco2)n[nH]1.I. The zero-order chi connectivity index (χ0) is 18.0. The predicted molar refractivity (Wildman–Crippen MR) is 112 cm³/mol. The van der Waals surface area contributed by atoms with E-state index < -0.39 is 0 Å². The third kappa shape index (κ3) is 7.11. The van der Waals surface area contributed by atoms with Crippen LogP contribution in [0.5, 0.6) is 0 Å². The molecule has 0 saturated carbocycles. The van der Waals surface area contributed by atoms with Gasteiger partial charge in [-0.3, -0.25) is 10.1 Å². The Morgan fingerprint density at radius 2 is 2.37 bits per heavy atom. The van der Waals surface area contributed by atoms with Gasteiger partial charge in [-0.15, -0.1) is 29.1 Å². The van der Waals surface area contributed by atoms with Crippen LogP contribution in [0.2, 0.25) is 0 Å². The summed E-state index contributed by atoms with van der Waals surface area (Å²) in [5.74, 6) is 3.16. The topological polar surface area (TPSA) is 110 Å². The fourth-order valence-corrected chi connectivity index (χ4v) is 2.62. The number of guanidine groups is 1. The first-order valence-corrected chi connectivity index (χ1v) is 8.90. The third-order valence-electron chi connectivity index (χ3n) is 4.06. The molecule has 0 bridgehead atoms. The van der Waals surface area contributed by atoms with E-state index in [2.05, 4.69) is 30.8 Å². The van der Waals surface area contributed by atoms with Crippen molar-refractivity contribution >= 4 is 29.9 Å². The molecule has 150 valence electrons. The number of aromatic amines is 1. The van der Waals surface area contributed by atoms with Gasteiger partial charge in [-0.1, -0.05) is 0 Å². The molecule has 1 aliphatic heterocycles. The van der Waals surface area contributed by atoms with Gasteiger partial charge in [0, 0.05) is 32.7 Å². The molecule has 2 aromatic rings. The van der Waals surface area contributed by atoms with E-state index in [9.17, 15) is 0 Å². The minimum Gasteiger partial charge on any atom is -0.461 e. The van der Waals surface area contributed by atoms with E-state index in [1.54, 1.807) is 19.4 Å². The molecule has 0 amide bonds. The van der Waals surface area contributed by atoms with Crippen LogP contribution in [-0.4, -0.2) is 61.2 Å². The first-order valence-electron chi connectivity index (χ1n) is 8.90. The minimum absolute atomic E-state index is 0. The Morgan fingerprint density at radius 1 is 1.44 bits per heavy atom. The van der Waals surface area contributed by atoms with Crippen molar-refractivity contribution in [1.82, 2.24) is 25.8 Å². The van der Waals surface area contributed by atoms with Crippen LogP contribution in [0.25, 0.3) is 11.6 Å². The number of nitrogens with one attached hydrogen (secondary N) is 3. The number of H-pyrrole nitrogens is 1. The van der Waals surface area contributed by atoms with Crippen molar-refractivity contribution in [2.45, 2.75) is 19.4 Å². The smallest absolute Gasteiger partial charge is 0.216 e. The summed E-state index contributed by atoms with van der Waals surface area (Å²) in [7, 11) is 1.74. The highest BCUT2D eigenvalue weighted by atomic mass is 127. The molecule has 1 saturated heterocycles. The largest absolute Gasteiger partial charge is 0.461 e. The fourth-order valence-electron chi connectivity index (χ4n) is 2.62. The Balaban J connectivity index is 0.00000261. The van der Waals surface area contributed by atoms with Gasteiger partial charge in [0.1, 0.15) is 5.82 Å². The lowest BCUT2D eigenvalue weighted by Crippen LogP contribution is -2.37. The van der Waals surface area contributed by atoms with Crippen LogP contribution in [0, 0.1) is 5.92 Å². The minimum atomic E-state index is 0. The summed E-state index contributed by atoms with van der Waals surface area (Å²) in [6, 6.07) is 3.63.